The minimum atomic E-state index is -3.31. The third-order valence-electron chi connectivity index (χ3n) is 3.52. The number of nitrogens with one attached hydrogen (secondary N) is 1. The number of hydrogen-bond acceptors (Lipinski definition) is 7. The molecule has 0 saturated carbocycles. The van der Waals surface area contributed by atoms with Crippen LogP contribution >= 0.6 is 0 Å². The van der Waals surface area contributed by atoms with Gasteiger partial charge in [0.2, 0.25) is 0 Å². The van der Waals surface area contributed by atoms with Crippen LogP contribution in [0.15, 0.2) is 18.2 Å². The van der Waals surface area contributed by atoms with E-state index in [2.05, 4.69) is 14.8 Å². The summed E-state index contributed by atoms with van der Waals surface area (Å²) < 4.78 is 68.5. The number of halogens is 4. The van der Waals surface area contributed by atoms with Crippen molar-refractivity contribution >= 4 is 12.1 Å². The van der Waals surface area contributed by atoms with Gasteiger partial charge in [-0.15, -0.1) is 0 Å². The van der Waals surface area contributed by atoms with Gasteiger partial charge < -0.3 is 29.4 Å². The van der Waals surface area contributed by atoms with Gasteiger partial charge in [0.1, 0.15) is 18.3 Å². The van der Waals surface area contributed by atoms with Crippen molar-refractivity contribution in [3.63, 3.8) is 0 Å². The highest BCUT2D eigenvalue weighted by atomic mass is 19.3. The van der Waals surface area contributed by atoms with Gasteiger partial charge in [-0.3, -0.25) is 4.79 Å². The molecule has 0 unspecified atom stereocenters. The number of hydrogen-bond donors (Lipinski definition) is 2. The predicted octanol–water partition coefficient (Wildman–Crippen LogP) is 3.25. The number of carbonyl (C=O) groups excluding carboxylic acids is 2. The second-order valence-corrected chi connectivity index (χ2v) is 7.36. The number of amides is 1. The number of alkyl carbamates (subject to hydrolysis) is 1. The molecule has 0 heterocycles. The highest BCUT2D eigenvalue weighted by Gasteiger charge is 2.26. The summed E-state index contributed by atoms with van der Waals surface area (Å²) in [4.78, 5) is 23.1. The summed E-state index contributed by atoms with van der Waals surface area (Å²) in [5, 5.41) is 12.7. The Hall–Kier alpha value is -2.76. The molecule has 1 amide bonds. The van der Waals surface area contributed by atoms with Crippen molar-refractivity contribution in [2.75, 3.05) is 6.61 Å². The fourth-order valence-corrected chi connectivity index (χ4v) is 2.38. The van der Waals surface area contributed by atoms with Crippen LogP contribution in [0.1, 0.15) is 33.3 Å². The summed E-state index contributed by atoms with van der Waals surface area (Å²) in [7, 11) is 0. The first kappa shape index (κ1) is 26.3. The highest BCUT2D eigenvalue weighted by molar-refractivity contribution is 5.68. The van der Waals surface area contributed by atoms with Crippen LogP contribution in [0.4, 0.5) is 22.4 Å². The van der Waals surface area contributed by atoms with Crippen LogP contribution in [-0.4, -0.2) is 54.7 Å². The van der Waals surface area contributed by atoms with Crippen LogP contribution in [0.3, 0.4) is 0 Å². The normalized spacial score (nSPS) is 13.5. The lowest BCUT2D eigenvalue weighted by Gasteiger charge is -2.27. The molecule has 2 atom stereocenters. The molecule has 0 radical (unpaired) electrons. The minimum absolute atomic E-state index is 0.170. The Kier molecular flexibility index (Phi) is 9.82. The average molecular weight is 455 g/mol. The Morgan fingerprint density at radius 1 is 1.06 bits per heavy atom. The molecule has 1 aromatic carbocycles. The van der Waals surface area contributed by atoms with E-state index in [0.29, 0.717) is 0 Å². The molecule has 0 aliphatic heterocycles. The molecular formula is C19H25F4NO7. The van der Waals surface area contributed by atoms with Gasteiger partial charge in [0, 0.05) is 6.92 Å². The third-order valence-corrected chi connectivity index (χ3v) is 3.52. The molecule has 0 saturated heterocycles. The molecular weight excluding hydrogens is 430 g/mol. The monoisotopic (exact) mass is 455 g/mol. The molecule has 31 heavy (non-hydrogen) atoms. The molecule has 1 aromatic rings. The molecule has 0 fully saturated rings. The molecule has 0 bridgehead atoms. The summed E-state index contributed by atoms with van der Waals surface area (Å²) in [5.74, 6) is -1.94. The summed E-state index contributed by atoms with van der Waals surface area (Å²) in [5.41, 5.74) is -0.623. The van der Waals surface area contributed by atoms with Crippen molar-refractivity contribution in [3.05, 3.63) is 23.8 Å². The van der Waals surface area contributed by atoms with Crippen LogP contribution in [0, 0.1) is 0 Å². The average Bonchev–Trinajstić information content (AvgIpc) is 2.58. The van der Waals surface area contributed by atoms with Gasteiger partial charge in [0.15, 0.2) is 11.5 Å². The van der Waals surface area contributed by atoms with Crippen molar-refractivity contribution in [2.45, 2.75) is 65.1 Å². The zero-order chi connectivity index (χ0) is 23.8. The maximum Gasteiger partial charge on any atom is 0.407 e. The van der Waals surface area contributed by atoms with Crippen molar-refractivity contribution in [3.8, 4) is 11.5 Å². The second kappa shape index (κ2) is 11.6. The summed E-state index contributed by atoms with van der Waals surface area (Å²) in [6.45, 7) is -1.06. The topological polar surface area (TPSA) is 103 Å². The third kappa shape index (κ3) is 10.7. The first-order chi connectivity index (χ1) is 14.3. The first-order valence-electron chi connectivity index (χ1n) is 9.10. The van der Waals surface area contributed by atoms with Crippen LogP contribution in [0.2, 0.25) is 0 Å². The van der Waals surface area contributed by atoms with Gasteiger partial charge in [-0.05, 0) is 44.9 Å². The zero-order valence-corrected chi connectivity index (χ0v) is 17.4. The molecule has 2 N–H and O–H groups in total. The molecule has 0 aliphatic carbocycles. The van der Waals surface area contributed by atoms with E-state index in [-0.39, 0.29) is 12.0 Å². The lowest BCUT2D eigenvalue weighted by atomic mass is 10.0. The largest absolute Gasteiger partial charge is 0.463 e. The van der Waals surface area contributed by atoms with Crippen LogP contribution in [0.25, 0.3) is 0 Å². The number of benzene rings is 1. The van der Waals surface area contributed by atoms with Gasteiger partial charge in [0.25, 0.3) is 0 Å². The summed E-state index contributed by atoms with van der Waals surface area (Å²) in [6, 6.07) is 2.17. The van der Waals surface area contributed by atoms with E-state index >= 15 is 0 Å². The number of esters is 1. The maximum absolute atomic E-state index is 12.6. The standard InChI is InChI=1S/C19H25F4NO7/c1-10(25)28-9-13(26)12(24-18(27)31-19(2,3)4)7-11-5-6-14(29-16(20)21)15(8-11)30-17(22)23/h5-6,8,12-13,16-17,26H,7,9H2,1-4H3,(H,24,27)/t12-,13+/m0/s1. The summed E-state index contributed by atoms with van der Waals surface area (Å²) in [6.07, 6.45) is -2.45. The number of ether oxygens (including phenoxy) is 4. The van der Waals surface area contributed by atoms with Crippen molar-refractivity contribution < 1.29 is 51.2 Å². The Morgan fingerprint density at radius 2 is 1.65 bits per heavy atom. The Bertz CT molecular complexity index is 740. The van der Waals surface area contributed by atoms with E-state index in [4.69, 9.17) is 9.47 Å². The van der Waals surface area contributed by atoms with Crippen molar-refractivity contribution in [1.82, 2.24) is 5.32 Å². The lowest BCUT2D eigenvalue weighted by molar-refractivity contribution is -0.144. The number of carbonyl (C=O) groups is 2. The minimum Gasteiger partial charge on any atom is -0.463 e. The number of aliphatic hydroxyl groups is 1. The molecule has 0 aromatic heterocycles. The summed E-state index contributed by atoms with van der Waals surface area (Å²) >= 11 is 0. The quantitative estimate of drug-likeness (QED) is 0.412. The van der Waals surface area contributed by atoms with E-state index in [0.717, 1.165) is 19.1 Å². The van der Waals surface area contributed by atoms with Gasteiger partial charge >= 0.3 is 25.3 Å². The van der Waals surface area contributed by atoms with E-state index in [1.165, 1.54) is 6.07 Å². The smallest absolute Gasteiger partial charge is 0.407 e. The van der Waals surface area contributed by atoms with Crippen molar-refractivity contribution in [2.24, 2.45) is 0 Å². The maximum atomic E-state index is 12.6. The van der Waals surface area contributed by atoms with Gasteiger partial charge in [-0.25, -0.2) is 4.79 Å². The lowest BCUT2D eigenvalue weighted by Crippen LogP contribution is -2.48. The number of alkyl halides is 4. The fourth-order valence-electron chi connectivity index (χ4n) is 2.38. The molecule has 0 spiro atoms. The Morgan fingerprint density at radius 3 is 2.16 bits per heavy atom. The van der Waals surface area contributed by atoms with Crippen molar-refractivity contribution in [1.29, 1.82) is 0 Å². The van der Waals surface area contributed by atoms with E-state index < -0.39 is 61.1 Å². The molecule has 1 rings (SSSR count). The van der Waals surface area contributed by atoms with Crippen LogP contribution < -0.4 is 14.8 Å². The number of aliphatic hydroxyl groups excluding tert-OH is 1. The fraction of sp³-hybridized carbons (Fsp3) is 0.579. The zero-order valence-electron chi connectivity index (χ0n) is 17.4. The second-order valence-electron chi connectivity index (χ2n) is 7.36. The number of rotatable bonds is 10. The van der Waals surface area contributed by atoms with Gasteiger partial charge in [0.05, 0.1) is 6.04 Å². The SMILES string of the molecule is CC(=O)OC[C@@H](O)[C@H](Cc1ccc(OC(F)F)c(OC(F)F)c1)NC(=O)OC(C)(C)C. The van der Waals surface area contributed by atoms with Gasteiger partial charge in [-0.1, -0.05) is 6.07 Å². The van der Waals surface area contributed by atoms with Crippen LogP contribution in [-0.2, 0) is 20.7 Å². The molecule has 176 valence electrons. The molecule has 8 nitrogen and oxygen atoms in total. The highest BCUT2D eigenvalue weighted by Crippen LogP contribution is 2.31. The van der Waals surface area contributed by atoms with E-state index in [1.807, 2.05) is 0 Å². The molecule has 12 heteroatoms. The van der Waals surface area contributed by atoms with Crippen LogP contribution in [0.5, 0.6) is 11.5 Å². The first-order valence-corrected chi connectivity index (χ1v) is 9.10. The van der Waals surface area contributed by atoms with Gasteiger partial charge in [-0.2, -0.15) is 17.6 Å². The molecule has 0 aliphatic rings. The van der Waals surface area contributed by atoms with E-state index in [9.17, 15) is 32.3 Å². The Balaban J connectivity index is 3.09. The predicted molar refractivity (Wildman–Crippen MR) is 99.2 cm³/mol. The van der Waals surface area contributed by atoms with E-state index in [1.54, 1.807) is 20.8 Å². The Labute approximate surface area is 176 Å².